The van der Waals surface area contributed by atoms with E-state index < -0.39 is 71.2 Å². The van der Waals surface area contributed by atoms with E-state index in [1.807, 2.05) is 41.5 Å². The van der Waals surface area contributed by atoms with Gasteiger partial charge in [-0.05, 0) is 104 Å². The molecule has 0 amide bonds. The third kappa shape index (κ3) is 7.36. The highest BCUT2D eigenvalue weighted by atomic mass is 16.6. The lowest BCUT2D eigenvalue weighted by Crippen LogP contribution is -2.64. The average Bonchev–Trinajstić information content (AvgIpc) is 3.73. The fraction of sp³-hybridized carbons (Fsp3) is 0.911. The minimum atomic E-state index is -0.774. The Morgan fingerprint density at radius 1 is 0.684 bits per heavy atom. The molecule has 2 unspecified atom stereocenters. The Bertz CT molecular complexity index is 1490. The summed E-state index contributed by atoms with van der Waals surface area (Å²) in [4.78, 5) is 49.9. The van der Waals surface area contributed by atoms with Crippen molar-refractivity contribution in [3.63, 3.8) is 0 Å². The van der Waals surface area contributed by atoms with Gasteiger partial charge in [-0.1, -0.05) is 62.8 Å². The normalized spacial score (nSPS) is 47.7. The number of esters is 2. The quantitative estimate of drug-likeness (QED) is 0.183. The summed E-state index contributed by atoms with van der Waals surface area (Å²) in [7, 11) is 0. The minimum Gasteiger partial charge on any atom is -0.464 e. The van der Waals surface area contributed by atoms with E-state index in [-0.39, 0.29) is 78.5 Å². The smallest absolute Gasteiger partial charge is 0.332 e. The van der Waals surface area contributed by atoms with Crippen molar-refractivity contribution in [2.24, 2.45) is 68.0 Å². The molecule has 12 heteroatoms. The van der Waals surface area contributed by atoms with E-state index in [0.29, 0.717) is 32.1 Å². The summed E-state index contributed by atoms with van der Waals surface area (Å²) in [5.74, 6) is -2.17. The first-order valence-electron chi connectivity index (χ1n) is 21.4. The molecule has 12 nitrogen and oxygen atoms in total. The molecule has 16 atom stereocenters. The predicted molar refractivity (Wildman–Crippen MR) is 213 cm³/mol. The number of hydrogen-bond donors (Lipinski definition) is 6. The maximum absolute atomic E-state index is 13.2. The molecule has 57 heavy (non-hydrogen) atoms. The lowest BCUT2D eigenvalue weighted by Gasteiger charge is -2.62. The number of Topliss-reactive ketones (excluding diaryl/α,β-unsaturated/α-hetero) is 2. The standard InChI is InChI=1S/2C22H36O6.CH4/c1-5-20(3)10-16(25)21(4)14(12-28-17(26)11-23)6-8-22(13(2)19(20)27)9-7-15(24)18(21)22;1-5-20(3)10-16(28-17(26)12-24)21(4)14(11-23)6-8-22(13(2)19(20)27)9-7-15(25)18(21)22;/h13-14,16,18-19,23,25,27H,5-12H2,1-4H3;13-14,16,18-19,23-24,27H,5-12H2,1-4H3;1H4/t2*13-,14-,16+,18?,19-,20+,21-,22-;/m00./s1. The van der Waals surface area contributed by atoms with Crippen LogP contribution in [0, 0.1) is 68.0 Å². The van der Waals surface area contributed by atoms with Crippen LogP contribution in [-0.4, -0.2) is 105 Å². The molecule has 0 heterocycles. The van der Waals surface area contributed by atoms with E-state index in [4.69, 9.17) is 14.6 Å². The number of rotatable bonds is 8. The van der Waals surface area contributed by atoms with Gasteiger partial charge in [0.25, 0.3) is 0 Å². The SMILES string of the molecule is C.CC[C@]1(C)C[C@@H](O)[C@@]2(C)C3C(=O)CC[C@@]3(CC[C@H]2COC(=O)CO)[C@@H](C)[C@@H]1O.CC[C@]1(C)C[C@@H](OC(=O)CO)[C@@]2(C)C3C(=O)CC[C@@]3(CC[C@H]2CO)[C@@H](C)[C@@H]1O. The topological polar surface area (TPSA) is 208 Å². The molecule has 6 N–H and O–H groups in total. The summed E-state index contributed by atoms with van der Waals surface area (Å²) in [5, 5.41) is 62.7. The zero-order valence-electron chi connectivity index (χ0n) is 35.2. The highest BCUT2D eigenvalue weighted by Crippen LogP contribution is 2.69. The van der Waals surface area contributed by atoms with Gasteiger partial charge in [-0.15, -0.1) is 0 Å². The third-order valence-electron chi connectivity index (χ3n) is 18.1. The van der Waals surface area contributed by atoms with Crippen molar-refractivity contribution in [2.75, 3.05) is 26.4 Å². The predicted octanol–water partition coefficient (Wildman–Crippen LogP) is 4.80. The van der Waals surface area contributed by atoms with Crippen molar-refractivity contribution >= 4 is 23.5 Å². The second-order valence-electron chi connectivity index (χ2n) is 20.0. The number of aliphatic hydroxyl groups is 6. The van der Waals surface area contributed by atoms with Crippen LogP contribution in [0.1, 0.15) is 140 Å². The van der Waals surface area contributed by atoms with Crippen molar-refractivity contribution in [1.29, 1.82) is 0 Å². The first-order valence-corrected chi connectivity index (χ1v) is 21.4. The van der Waals surface area contributed by atoms with Crippen LogP contribution in [0.25, 0.3) is 0 Å². The van der Waals surface area contributed by atoms with E-state index in [2.05, 4.69) is 13.8 Å². The fourth-order valence-corrected chi connectivity index (χ4v) is 14.0. The van der Waals surface area contributed by atoms with Crippen molar-refractivity contribution in [3.05, 3.63) is 0 Å². The second kappa shape index (κ2) is 17.2. The largest absolute Gasteiger partial charge is 0.464 e. The molecule has 328 valence electrons. The molecule has 0 spiro atoms. The van der Waals surface area contributed by atoms with Crippen LogP contribution < -0.4 is 0 Å². The third-order valence-corrected chi connectivity index (χ3v) is 18.1. The Morgan fingerprint density at radius 2 is 1.14 bits per heavy atom. The van der Waals surface area contributed by atoms with Crippen LogP contribution in [0.4, 0.5) is 0 Å². The van der Waals surface area contributed by atoms with E-state index in [1.54, 1.807) is 0 Å². The molecule has 0 radical (unpaired) electrons. The maximum atomic E-state index is 13.2. The Morgan fingerprint density at radius 3 is 1.60 bits per heavy atom. The van der Waals surface area contributed by atoms with Gasteiger partial charge >= 0.3 is 11.9 Å². The Balaban J connectivity index is 0.000000248. The van der Waals surface area contributed by atoms with Gasteiger partial charge in [-0.25, -0.2) is 9.59 Å². The molecule has 0 aromatic heterocycles. The summed E-state index contributed by atoms with van der Waals surface area (Å²) >= 11 is 0. The van der Waals surface area contributed by atoms with Crippen LogP contribution >= 0.6 is 0 Å². The molecule has 0 saturated heterocycles. The number of aliphatic hydroxyl groups excluding tert-OH is 6. The van der Waals surface area contributed by atoms with Crippen molar-refractivity contribution < 1.29 is 59.3 Å². The van der Waals surface area contributed by atoms with Gasteiger partial charge in [-0.3, -0.25) is 9.59 Å². The molecule has 6 aliphatic carbocycles. The lowest BCUT2D eigenvalue weighted by atomic mass is 9.43. The zero-order chi connectivity index (χ0) is 41.8. The Labute approximate surface area is 340 Å². The molecule has 6 aliphatic rings. The van der Waals surface area contributed by atoms with Crippen LogP contribution in [0.5, 0.6) is 0 Å². The van der Waals surface area contributed by atoms with Crippen molar-refractivity contribution in [1.82, 2.24) is 0 Å². The first-order chi connectivity index (χ1) is 26.2. The molecular formula is C45H76O12. The zero-order valence-corrected chi connectivity index (χ0v) is 35.2. The van der Waals surface area contributed by atoms with E-state index in [9.17, 15) is 44.7 Å². The lowest BCUT2D eigenvalue weighted by molar-refractivity contribution is -0.218. The van der Waals surface area contributed by atoms with Gasteiger partial charge < -0.3 is 40.1 Å². The molecular weight excluding hydrogens is 732 g/mol. The van der Waals surface area contributed by atoms with E-state index in [0.717, 1.165) is 44.9 Å². The highest BCUT2D eigenvalue weighted by Gasteiger charge is 2.70. The molecule has 6 fully saturated rings. The van der Waals surface area contributed by atoms with E-state index >= 15 is 0 Å². The summed E-state index contributed by atoms with van der Waals surface area (Å²) in [6.07, 6.45) is 5.16. The maximum Gasteiger partial charge on any atom is 0.332 e. The summed E-state index contributed by atoms with van der Waals surface area (Å²) in [5.41, 5.74) is -3.00. The second-order valence-corrected chi connectivity index (χ2v) is 20.0. The number of carbonyl (C=O) groups excluding carboxylic acids is 4. The number of ketones is 2. The molecule has 6 rings (SSSR count). The molecule has 0 aliphatic heterocycles. The first kappa shape index (κ1) is 47.7. The molecule has 0 aromatic rings. The summed E-state index contributed by atoms with van der Waals surface area (Å²) < 4.78 is 11.0. The van der Waals surface area contributed by atoms with Gasteiger partial charge in [0, 0.05) is 48.0 Å². The van der Waals surface area contributed by atoms with Crippen LogP contribution in [-0.2, 0) is 28.7 Å². The summed E-state index contributed by atoms with van der Waals surface area (Å²) in [6, 6.07) is 0. The average molecular weight is 809 g/mol. The number of carbonyl (C=O) groups is 4. The van der Waals surface area contributed by atoms with Gasteiger partial charge in [0.2, 0.25) is 0 Å². The van der Waals surface area contributed by atoms with E-state index in [1.165, 1.54) is 0 Å². The van der Waals surface area contributed by atoms with Crippen LogP contribution in [0.15, 0.2) is 0 Å². The van der Waals surface area contributed by atoms with Gasteiger partial charge in [0.1, 0.15) is 30.9 Å². The Hall–Kier alpha value is -1.96. The van der Waals surface area contributed by atoms with Gasteiger partial charge in [-0.2, -0.15) is 0 Å². The highest BCUT2D eigenvalue weighted by molar-refractivity contribution is 5.86. The van der Waals surface area contributed by atoms with Gasteiger partial charge in [0.15, 0.2) is 0 Å². The number of hydrogen-bond acceptors (Lipinski definition) is 12. The van der Waals surface area contributed by atoms with Crippen molar-refractivity contribution in [2.45, 2.75) is 164 Å². The van der Waals surface area contributed by atoms with Crippen molar-refractivity contribution in [3.8, 4) is 0 Å². The molecule has 0 aromatic carbocycles. The van der Waals surface area contributed by atoms with Crippen LogP contribution in [0.3, 0.4) is 0 Å². The molecule has 4 bridgehead atoms. The minimum absolute atomic E-state index is 0. The van der Waals surface area contributed by atoms with Crippen LogP contribution in [0.2, 0.25) is 0 Å². The summed E-state index contributed by atoms with van der Waals surface area (Å²) in [6.45, 7) is 14.9. The monoisotopic (exact) mass is 809 g/mol. The number of ether oxygens (including phenoxy) is 2. The molecule has 6 saturated carbocycles. The van der Waals surface area contributed by atoms with Gasteiger partial charge in [0.05, 0.1) is 24.9 Å². The fourth-order valence-electron chi connectivity index (χ4n) is 14.0. The Kier molecular flexibility index (Phi) is 14.4.